The number of nitrogens with one attached hydrogen (secondary N) is 1. The monoisotopic (exact) mass is 477 g/mol. The molecular formula is C15H14ClFIN5O2. The van der Waals surface area contributed by atoms with Crippen LogP contribution in [0.2, 0.25) is 5.02 Å². The van der Waals surface area contributed by atoms with Crippen LogP contribution in [0.4, 0.5) is 15.9 Å². The molecule has 1 amide bonds. The van der Waals surface area contributed by atoms with Crippen molar-refractivity contribution < 1.29 is 9.18 Å². The molecule has 25 heavy (non-hydrogen) atoms. The van der Waals surface area contributed by atoms with E-state index in [-0.39, 0.29) is 22.0 Å². The predicted octanol–water partition coefficient (Wildman–Crippen LogP) is 1.77. The molecule has 1 N–H and O–H groups in total. The van der Waals surface area contributed by atoms with Gasteiger partial charge in [0.05, 0.1) is 39.0 Å². The average molecular weight is 478 g/mol. The maximum absolute atomic E-state index is 14.9. The molecule has 1 unspecified atom stereocenters. The minimum Gasteiger partial charge on any atom is -0.341 e. The highest BCUT2D eigenvalue weighted by atomic mass is 127. The van der Waals surface area contributed by atoms with E-state index in [1.54, 1.807) is 27.8 Å². The number of hydrogen-bond acceptors (Lipinski definition) is 5. The van der Waals surface area contributed by atoms with Crippen molar-refractivity contribution in [3.05, 3.63) is 26.9 Å². The number of carbonyl (C=O) groups excluding carboxylic acids is 1. The molecule has 0 bridgehead atoms. The van der Waals surface area contributed by atoms with Crippen LogP contribution >= 0.6 is 34.5 Å². The van der Waals surface area contributed by atoms with E-state index in [2.05, 4.69) is 10.3 Å². The van der Waals surface area contributed by atoms with Crippen molar-refractivity contribution in [2.75, 3.05) is 36.9 Å². The van der Waals surface area contributed by atoms with Crippen LogP contribution in [0.25, 0.3) is 10.9 Å². The minimum absolute atomic E-state index is 0.0902. The summed E-state index contributed by atoms with van der Waals surface area (Å²) in [6, 6.07) is -0.522. The number of piperazine rings is 1. The van der Waals surface area contributed by atoms with Gasteiger partial charge in [0.15, 0.2) is 5.82 Å². The fourth-order valence-corrected chi connectivity index (χ4v) is 4.20. The normalized spacial score (nSPS) is 20.4. The Morgan fingerprint density at radius 1 is 1.36 bits per heavy atom. The molecule has 2 aliphatic rings. The summed E-state index contributed by atoms with van der Waals surface area (Å²) in [6.07, 6.45) is 0. The third kappa shape index (κ3) is 2.36. The Morgan fingerprint density at radius 2 is 2.08 bits per heavy atom. The van der Waals surface area contributed by atoms with Crippen molar-refractivity contribution in [3.63, 3.8) is 0 Å². The molecule has 1 fully saturated rings. The van der Waals surface area contributed by atoms with Gasteiger partial charge >= 0.3 is 5.69 Å². The standard InChI is InChI=1S/C15H14ClFIN5O2/c1-6-9(16)11-8-12(10(6)17)23(18)15(25)20-13(8)22-4-3-21(2)5-7(22)14(24)19-11/h7H,3-5H2,1-2H3,(H,19,24). The summed E-state index contributed by atoms with van der Waals surface area (Å²) in [4.78, 5) is 33.0. The van der Waals surface area contributed by atoms with E-state index in [0.717, 1.165) is 2.78 Å². The van der Waals surface area contributed by atoms with Gasteiger partial charge in [-0.2, -0.15) is 4.98 Å². The molecule has 1 saturated heterocycles. The van der Waals surface area contributed by atoms with Crippen molar-refractivity contribution in [3.8, 4) is 0 Å². The van der Waals surface area contributed by atoms with E-state index < -0.39 is 17.5 Å². The molecule has 2 aliphatic heterocycles. The Morgan fingerprint density at radius 3 is 2.80 bits per heavy atom. The smallest absolute Gasteiger partial charge is 0.341 e. The second-order valence-corrected chi connectivity index (χ2v) is 7.65. The van der Waals surface area contributed by atoms with E-state index in [0.29, 0.717) is 36.5 Å². The second-order valence-electron chi connectivity index (χ2n) is 6.31. The van der Waals surface area contributed by atoms with Gasteiger partial charge in [-0.05, 0) is 14.0 Å². The molecule has 3 heterocycles. The first-order valence-electron chi connectivity index (χ1n) is 7.67. The van der Waals surface area contributed by atoms with Crippen LogP contribution in [0.15, 0.2) is 4.79 Å². The average Bonchev–Trinajstić information content (AvgIpc) is 2.69. The number of nitrogens with zero attached hydrogens (tertiary/aromatic N) is 4. The van der Waals surface area contributed by atoms with Crippen LogP contribution in [0.5, 0.6) is 0 Å². The van der Waals surface area contributed by atoms with Gasteiger partial charge in [0.25, 0.3) is 0 Å². The Labute approximate surface area is 161 Å². The Hall–Kier alpha value is -1.46. The fraction of sp³-hybridized carbons (Fsp3) is 0.400. The molecule has 7 nitrogen and oxygen atoms in total. The molecule has 0 aliphatic carbocycles. The summed E-state index contributed by atoms with van der Waals surface area (Å²) in [5.74, 6) is -0.521. The summed E-state index contributed by atoms with van der Waals surface area (Å²) in [7, 11) is 1.92. The van der Waals surface area contributed by atoms with Gasteiger partial charge in [-0.3, -0.25) is 4.79 Å². The third-order valence-corrected chi connectivity index (χ3v) is 6.14. The number of amides is 1. The van der Waals surface area contributed by atoms with Crippen LogP contribution in [-0.2, 0) is 4.79 Å². The molecule has 1 atom stereocenters. The highest BCUT2D eigenvalue weighted by Gasteiger charge is 2.38. The van der Waals surface area contributed by atoms with Gasteiger partial charge in [-0.25, -0.2) is 12.0 Å². The molecule has 1 aromatic carbocycles. The largest absolute Gasteiger partial charge is 0.359 e. The van der Waals surface area contributed by atoms with Crippen LogP contribution in [0, 0.1) is 12.7 Å². The fourth-order valence-electron chi connectivity index (χ4n) is 3.42. The van der Waals surface area contributed by atoms with Gasteiger partial charge in [0.1, 0.15) is 17.4 Å². The Kier molecular flexibility index (Phi) is 3.92. The van der Waals surface area contributed by atoms with Crippen LogP contribution < -0.4 is 15.9 Å². The van der Waals surface area contributed by atoms with Crippen LogP contribution in [0.3, 0.4) is 0 Å². The van der Waals surface area contributed by atoms with E-state index in [1.165, 1.54) is 6.92 Å². The van der Waals surface area contributed by atoms with Gasteiger partial charge < -0.3 is 15.1 Å². The molecular weight excluding hydrogens is 464 g/mol. The maximum atomic E-state index is 14.9. The number of likely N-dealkylation sites (N-methyl/N-ethyl adjacent to an activating group) is 1. The number of benzene rings is 1. The van der Waals surface area contributed by atoms with E-state index >= 15 is 0 Å². The Balaban J connectivity index is 2.15. The highest BCUT2D eigenvalue weighted by Crippen LogP contribution is 2.43. The summed E-state index contributed by atoms with van der Waals surface area (Å²) in [6.45, 7) is 3.22. The quantitative estimate of drug-likeness (QED) is 0.586. The van der Waals surface area contributed by atoms with Crippen molar-refractivity contribution in [2.24, 2.45) is 0 Å². The molecule has 2 aromatic rings. The molecule has 0 saturated carbocycles. The van der Waals surface area contributed by atoms with Crippen molar-refractivity contribution >= 4 is 62.8 Å². The first kappa shape index (κ1) is 17.0. The molecule has 4 rings (SSSR count). The number of fused-ring (bicyclic) bond motifs is 2. The second kappa shape index (κ2) is 5.78. The molecule has 0 spiro atoms. The number of aromatic nitrogens is 2. The molecule has 132 valence electrons. The lowest BCUT2D eigenvalue weighted by molar-refractivity contribution is -0.118. The van der Waals surface area contributed by atoms with Gasteiger partial charge in [0.2, 0.25) is 5.91 Å². The van der Waals surface area contributed by atoms with Crippen LogP contribution in [0.1, 0.15) is 5.56 Å². The van der Waals surface area contributed by atoms with Gasteiger partial charge in [0, 0.05) is 25.2 Å². The lowest BCUT2D eigenvalue weighted by atomic mass is 10.1. The van der Waals surface area contributed by atoms with Crippen LogP contribution in [-0.4, -0.2) is 51.3 Å². The van der Waals surface area contributed by atoms with Crippen molar-refractivity contribution in [2.45, 2.75) is 13.0 Å². The zero-order chi connectivity index (χ0) is 18.0. The topological polar surface area (TPSA) is 70.5 Å². The summed E-state index contributed by atoms with van der Waals surface area (Å²) in [5, 5.41) is 3.32. The van der Waals surface area contributed by atoms with E-state index in [9.17, 15) is 14.0 Å². The van der Waals surface area contributed by atoms with Gasteiger partial charge in [-0.15, -0.1) is 0 Å². The lowest BCUT2D eigenvalue weighted by Crippen LogP contribution is -2.56. The number of rotatable bonds is 0. The number of halogens is 3. The van der Waals surface area contributed by atoms with Crippen molar-refractivity contribution in [1.29, 1.82) is 0 Å². The first-order chi connectivity index (χ1) is 11.8. The summed E-state index contributed by atoms with van der Waals surface area (Å²) >= 11 is 8.06. The predicted molar refractivity (Wildman–Crippen MR) is 102 cm³/mol. The Bertz CT molecular complexity index is 995. The number of carbonyl (C=O) groups is 1. The van der Waals surface area contributed by atoms with Gasteiger partial charge in [-0.1, -0.05) is 11.6 Å². The minimum atomic E-state index is -0.583. The zero-order valence-corrected chi connectivity index (χ0v) is 16.4. The molecule has 10 heteroatoms. The SMILES string of the molecule is Cc1c(Cl)c2c3c(nc(=O)n(I)c3c1F)N1CCN(C)CC1C(=O)N2. The summed E-state index contributed by atoms with van der Waals surface area (Å²) < 4.78 is 16.0. The number of hydrogen-bond donors (Lipinski definition) is 1. The molecule has 0 radical (unpaired) electrons. The molecule has 1 aromatic heterocycles. The van der Waals surface area contributed by atoms with E-state index in [1.807, 2.05) is 11.9 Å². The number of anilines is 2. The maximum Gasteiger partial charge on any atom is 0.359 e. The zero-order valence-electron chi connectivity index (χ0n) is 13.4. The third-order valence-electron chi connectivity index (χ3n) is 4.77. The first-order valence-corrected chi connectivity index (χ1v) is 9.02. The lowest BCUT2D eigenvalue weighted by Gasteiger charge is -2.38. The van der Waals surface area contributed by atoms with E-state index in [4.69, 9.17) is 11.6 Å². The highest BCUT2D eigenvalue weighted by molar-refractivity contribution is 14.1. The summed E-state index contributed by atoms with van der Waals surface area (Å²) in [5.41, 5.74) is 0.00281. The van der Waals surface area contributed by atoms with Crippen molar-refractivity contribution in [1.82, 2.24) is 12.7 Å².